The van der Waals surface area contributed by atoms with Crippen molar-refractivity contribution in [3.8, 4) is 0 Å². The van der Waals surface area contributed by atoms with E-state index in [1.807, 2.05) is 0 Å². The lowest BCUT2D eigenvalue weighted by molar-refractivity contribution is -0.124. The average Bonchev–Trinajstić information content (AvgIpc) is 2.54. The van der Waals surface area contributed by atoms with E-state index in [0.717, 1.165) is 25.7 Å². The fourth-order valence-corrected chi connectivity index (χ4v) is 3.05. The first kappa shape index (κ1) is 18.9. The maximum Gasteiger partial charge on any atom is 0.222 e. The number of amides is 1. The fourth-order valence-electron chi connectivity index (χ4n) is 3.05. The molecule has 5 heteroatoms. The lowest BCUT2D eigenvalue weighted by Gasteiger charge is -2.29. The second-order valence-corrected chi connectivity index (χ2v) is 5.82. The van der Waals surface area contributed by atoms with Gasteiger partial charge in [-0.3, -0.25) is 4.79 Å². The summed E-state index contributed by atoms with van der Waals surface area (Å²) < 4.78 is 5.15. The summed E-state index contributed by atoms with van der Waals surface area (Å²) in [4.78, 5) is 11.9. The number of rotatable bonds is 6. The van der Waals surface area contributed by atoms with Crippen LogP contribution in [-0.4, -0.2) is 31.7 Å². The van der Waals surface area contributed by atoms with Crippen LogP contribution in [0, 0.1) is 0 Å². The Morgan fingerprint density at radius 3 is 2.45 bits per heavy atom. The van der Waals surface area contributed by atoms with Gasteiger partial charge in [0.15, 0.2) is 0 Å². The molecule has 1 unspecified atom stereocenters. The molecule has 0 saturated heterocycles. The summed E-state index contributed by atoms with van der Waals surface area (Å²) in [5.74, 6) is 0.686. The number of carbonyl (C=O) groups excluding carboxylic acids is 1. The van der Waals surface area contributed by atoms with Crippen LogP contribution in [0.4, 0.5) is 0 Å². The summed E-state index contributed by atoms with van der Waals surface area (Å²) in [5.41, 5.74) is 6.96. The number of hydrogen-bond acceptors (Lipinski definition) is 3. The van der Waals surface area contributed by atoms with E-state index in [-0.39, 0.29) is 24.4 Å². The molecule has 1 aromatic rings. The first-order valence-corrected chi connectivity index (χ1v) is 7.80. The highest BCUT2D eigenvalue weighted by atomic mass is 35.5. The Kier molecular flexibility index (Phi) is 8.46. The topological polar surface area (TPSA) is 64.3 Å². The molecule has 0 aliphatic heterocycles. The zero-order valence-corrected chi connectivity index (χ0v) is 14.0. The Bertz CT molecular complexity index is 430. The molecule has 22 heavy (non-hydrogen) atoms. The minimum Gasteiger partial charge on any atom is -0.380 e. The molecule has 0 heterocycles. The Morgan fingerprint density at radius 1 is 1.27 bits per heavy atom. The average molecular weight is 327 g/mol. The van der Waals surface area contributed by atoms with Gasteiger partial charge in [0.2, 0.25) is 5.91 Å². The largest absolute Gasteiger partial charge is 0.380 e. The van der Waals surface area contributed by atoms with Crippen LogP contribution in [0.1, 0.15) is 43.6 Å². The smallest absolute Gasteiger partial charge is 0.222 e. The summed E-state index contributed by atoms with van der Waals surface area (Å²) >= 11 is 0. The molecule has 124 valence electrons. The second-order valence-electron chi connectivity index (χ2n) is 5.82. The predicted molar refractivity (Wildman–Crippen MR) is 91.3 cm³/mol. The maximum atomic E-state index is 11.9. The lowest BCUT2D eigenvalue weighted by Crippen LogP contribution is -2.40. The second kappa shape index (κ2) is 9.82. The summed E-state index contributed by atoms with van der Waals surface area (Å²) in [6.07, 6.45) is 4.55. The first-order valence-electron chi connectivity index (χ1n) is 7.80. The summed E-state index contributed by atoms with van der Waals surface area (Å²) in [6, 6.07) is 11.0. The van der Waals surface area contributed by atoms with Gasteiger partial charge in [-0.15, -0.1) is 12.4 Å². The molecule has 1 aliphatic rings. The first-order chi connectivity index (χ1) is 10.2. The van der Waals surface area contributed by atoms with Gasteiger partial charge < -0.3 is 15.8 Å². The molecule has 0 aromatic heterocycles. The van der Waals surface area contributed by atoms with Crippen LogP contribution in [0.5, 0.6) is 0 Å². The quantitative estimate of drug-likeness (QED) is 0.844. The van der Waals surface area contributed by atoms with E-state index in [0.29, 0.717) is 24.9 Å². The molecule has 0 bridgehead atoms. The van der Waals surface area contributed by atoms with Crippen molar-refractivity contribution in [3.63, 3.8) is 0 Å². The minimum atomic E-state index is -0.175. The Hall–Kier alpha value is -1.10. The number of ether oxygens (including phenoxy) is 1. The van der Waals surface area contributed by atoms with Crippen LogP contribution in [0.25, 0.3) is 0 Å². The van der Waals surface area contributed by atoms with Gasteiger partial charge in [-0.05, 0) is 37.2 Å². The lowest BCUT2D eigenvalue weighted by atomic mass is 9.82. The van der Waals surface area contributed by atoms with E-state index in [1.165, 1.54) is 5.56 Å². The zero-order valence-electron chi connectivity index (χ0n) is 13.2. The van der Waals surface area contributed by atoms with Crippen molar-refractivity contribution in [2.24, 2.45) is 5.73 Å². The van der Waals surface area contributed by atoms with Gasteiger partial charge in [-0.1, -0.05) is 30.3 Å². The summed E-state index contributed by atoms with van der Waals surface area (Å²) in [6.45, 7) is 0.380. The molecule has 3 N–H and O–H groups in total. The van der Waals surface area contributed by atoms with Gasteiger partial charge >= 0.3 is 0 Å². The normalized spacial score (nSPS) is 22.5. The van der Waals surface area contributed by atoms with Crippen LogP contribution in [0.2, 0.25) is 0 Å². The molecular weight excluding hydrogens is 300 g/mol. The molecule has 0 radical (unpaired) electrons. The van der Waals surface area contributed by atoms with E-state index < -0.39 is 0 Å². The molecule has 1 aromatic carbocycles. The van der Waals surface area contributed by atoms with Crippen molar-refractivity contribution >= 4 is 18.3 Å². The van der Waals surface area contributed by atoms with Gasteiger partial charge in [0.1, 0.15) is 0 Å². The van der Waals surface area contributed by atoms with Gasteiger partial charge in [-0.25, -0.2) is 0 Å². The standard InChI is InChI=1S/C17H26N2O2.ClH/c1-21-16(12-18)11-17(20)19-15-9-7-14(8-10-15)13-5-3-2-4-6-13;/h2-6,14-16H,7-12,18H2,1H3,(H,19,20);1H. The zero-order chi connectivity index (χ0) is 15.1. The Morgan fingerprint density at radius 2 is 1.91 bits per heavy atom. The SMILES string of the molecule is COC(CN)CC(=O)NC1CCC(c2ccccc2)CC1.Cl. The van der Waals surface area contributed by atoms with Crippen molar-refractivity contribution in [3.05, 3.63) is 35.9 Å². The van der Waals surface area contributed by atoms with E-state index in [9.17, 15) is 4.79 Å². The monoisotopic (exact) mass is 326 g/mol. The number of carbonyl (C=O) groups is 1. The minimum absolute atomic E-state index is 0. The van der Waals surface area contributed by atoms with Crippen LogP contribution >= 0.6 is 12.4 Å². The molecule has 1 aliphatic carbocycles. The summed E-state index contributed by atoms with van der Waals surface area (Å²) in [7, 11) is 1.59. The third-order valence-electron chi connectivity index (χ3n) is 4.37. The highest BCUT2D eigenvalue weighted by Crippen LogP contribution is 2.32. The third kappa shape index (κ3) is 5.59. The van der Waals surface area contributed by atoms with Crippen LogP contribution in [-0.2, 0) is 9.53 Å². The molecule has 1 atom stereocenters. The fraction of sp³-hybridized carbons (Fsp3) is 0.588. The number of benzene rings is 1. The number of halogens is 1. The van der Waals surface area contributed by atoms with Crippen LogP contribution in [0.3, 0.4) is 0 Å². The van der Waals surface area contributed by atoms with Crippen molar-refractivity contribution < 1.29 is 9.53 Å². The maximum absolute atomic E-state index is 11.9. The number of nitrogens with one attached hydrogen (secondary N) is 1. The highest BCUT2D eigenvalue weighted by molar-refractivity contribution is 5.85. The molecule has 1 saturated carbocycles. The van der Waals surface area contributed by atoms with Crippen molar-refractivity contribution in [1.82, 2.24) is 5.32 Å². The molecule has 1 amide bonds. The number of methoxy groups -OCH3 is 1. The summed E-state index contributed by atoms with van der Waals surface area (Å²) in [5, 5.41) is 3.12. The van der Waals surface area contributed by atoms with E-state index >= 15 is 0 Å². The number of nitrogens with two attached hydrogens (primary N) is 1. The van der Waals surface area contributed by atoms with E-state index in [4.69, 9.17) is 10.5 Å². The molecular formula is C17H27ClN2O2. The molecule has 0 spiro atoms. The van der Waals surface area contributed by atoms with Crippen molar-refractivity contribution in [2.45, 2.75) is 50.2 Å². The van der Waals surface area contributed by atoms with Crippen molar-refractivity contribution in [1.29, 1.82) is 0 Å². The van der Waals surface area contributed by atoms with Crippen molar-refractivity contribution in [2.75, 3.05) is 13.7 Å². The molecule has 2 rings (SSSR count). The highest BCUT2D eigenvalue weighted by Gasteiger charge is 2.24. The molecule has 4 nitrogen and oxygen atoms in total. The van der Waals surface area contributed by atoms with Gasteiger partial charge in [-0.2, -0.15) is 0 Å². The van der Waals surface area contributed by atoms with Crippen LogP contribution in [0.15, 0.2) is 30.3 Å². The van der Waals surface area contributed by atoms with Gasteiger partial charge in [0.25, 0.3) is 0 Å². The van der Waals surface area contributed by atoms with Gasteiger partial charge in [0, 0.05) is 19.7 Å². The van der Waals surface area contributed by atoms with Gasteiger partial charge in [0.05, 0.1) is 12.5 Å². The van der Waals surface area contributed by atoms with E-state index in [2.05, 4.69) is 35.6 Å². The predicted octanol–water partition coefficient (Wildman–Crippen LogP) is 2.61. The molecule has 1 fully saturated rings. The number of hydrogen-bond donors (Lipinski definition) is 2. The Balaban J connectivity index is 0.00000242. The van der Waals surface area contributed by atoms with E-state index in [1.54, 1.807) is 7.11 Å². The Labute approximate surface area is 139 Å². The van der Waals surface area contributed by atoms with Crippen LogP contribution < -0.4 is 11.1 Å². The third-order valence-corrected chi connectivity index (χ3v) is 4.37.